The van der Waals surface area contributed by atoms with E-state index in [-0.39, 0.29) is 11.9 Å². The highest BCUT2D eigenvalue weighted by Gasteiger charge is 2.47. The number of benzene rings is 3. The molecule has 30 heavy (non-hydrogen) atoms. The lowest BCUT2D eigenvalue weighted by Crippen LogP contribution is -2.11. The van der Waals surface area contributed by atoms with Crippen LogP contribution < -0.4 is 14.2 Å². The smallest absolute Gasteiger partial charge is 0.198 e. The van der Waals surface area contributed by atoms with Gasteiger partial charge in [0.2, 0.25) is 0 Å². The van der Waals surface area contributed by atoms with E-state index in [4.69, 9.17) is 18.9 Å². The van der Waals surface area contributed by atoms with E-state index in [1.54, 1.807) is 6.07 Å². The van der Waals surface area contributed by atoms with Crippen LogP contribution in [0.4, 0.5) is 0 Å². The first-order chi connectivity index (χ1) is 14.8. The predicted octanol–water partition coefficient (Wildman–Crippen LogP) is 4.75. The normalized spacial score (nSPS) is 19.6. The van der Waals surface area contributed by atoms with Crippen molar-refractivity contribution in [2.24, 2.45) is 0 Å². The number of hydrogen-bond donors (Lipinski definition) is 0. The van der Waals surface area contributed by atoms with Gasteiger partial charge in [0, 0.05) is 6.42 Å². The van der Waals surface area contributed by atoms with E-state index >= 15 is 0 Å². The lowest BCUT2D eigenvalue weighted by Gasteiger charge is -2.10. The number of Topliss-reactive ketones (excluding diaryl/α,β-unsaturated/α-hetero) is 1. The molecule has 2 unspecified atom stereocenters. The maximum Gasteiger partial charge on any atom is 0.198 e. The molecule has 0 spiro atoms. The number of rotatable bonds is 6. The fraction of sp³-hybridized carbons (Fsp3) is 0.240. The Hall–Kier alpha value is -3.31. The van der Waals surface area contributed by atoms with Crippen LogP contribution in [0.5, 0.6) is 17.2 Å². The van der Waals surface area contributed by atoms with Gasteiger partial charge in [0.15, 0.2) is 23.4 Å². The van der Waals surface area contributed by atoms with Gasteiger partial charge in [-0.2, -0.15) is 0 Å². The van der Waals surface area contributed by atoms with Crippen molar-refractivity contribution < 1.29 is 23.7 Å². The Bertz CT molecular complexity index is 1050. The number of hydrogen-bond acceptors (Lipinski definition) is 5. The zero-order valence-electron chi connectivity index (χ0n) is 16.5. The van der Waals surface area contributed by atoms with Crippen molar-refractivity contribution in [1.29, 1.82) is 0 Å². The fourth-order valence-electron chi connectivity index (χ4n) is 3.61. The van der Waals surface area contributed by atoms with Crippen molar-refractivity contribution in [3.63, 3.8) is 0 Å². The highest BCUT2D eigenvalue weighted by atomic mass is 16.6. The Morgan fingerprint density at radius 3 is 2.53 bits per heavy atom. The summed E-state index contributed by atoms with van der Waals surface area (Å²) in [7, 11) is 0. The fourth-order valence-corrected chi connectivity index (χ4v) is 3.61. The van der Waals surface area contributed by atoms with Gasteiger partial charge in [-0.15, -0.1) is 0 Å². The number of ether oxygens (including phenoxy) is 4. The summed E-state index contributed by atoms with van der Waals surface area (Å²) in [6.45, 7) is 1.67. The molecule has 3 aromatic rings. The maximum absolute atomic E-state index is 13.1. The van der Waals surface area contributed by atoms with Crippen LogP contribution >= 0.6 is 0 Å². The molecule has 1 fully saturated rings. The van der Waals surface area contributed by atoms with E-state index in [1.165, 1.54) is 0 Å². The first-order valence-electron chi connectivity index (χ1n) is 10.1. The number of fused-ring (bicyclic) bond motifs is 1. The highest BCUT2D eigenvalue weighted by molar-refractivity contribution is 6.03. The maximum atomic E-state index is 13.1. The summed E-state index contributed by atoms with van der Waals surface area (Å²) < 4.78 is 23.1. The molecule has 2 heterocycles. The lowest BCUT2D eigenvalue weighted by atomic mass is 10.0. The van der Waals surface area contributed by atoms with Gasteiger partial charge in [-0.1, -0.05) is 48.5 Å². The molecule has 0 N–H and O–H groups in total. The molecular formula is C25H22O5. The number of epoxide rings is 1. The molecule has 2 aliphatic rings. The zero-order valence-corrected chi connectivity index (χ0v) is 16.5. The van der Waals surface area contributed by atoms with Gasteiger partial charge in [-0.3, -0.25) is 4.79 Å². The predicted molar refractivity (Wildman–Crippen MR) is 111 cm³/mol. The summed E-state index contributed by atoms with van der Waals surface area (Å²) in [6, 6.07) is 22.9. The van der Waals surface area contributed by atoms with Crippen LogP contribution in [0.25, 0.3) is 0 Å². The topological polar surface area (TPSA) is 57.3 Å². The molecule has 0 saturated carbocycles. The summed E-state index contributed by atoms with van der Waals surface area (Å²) >= 11 is 0. The van der Waals surface area contributed by atoms with Crippen LogP contribution in [-0.4, -0.2) is 25.1 Å². The van der Waals surface area contributed by atoms with Gasteiger partial charge in [0.05, 0.1) is 18.8 Å². The van der Waals surface area contributed by atoms with Crippen LogP contribution in [0.3, 0.4) is 0 Å². The van der Waals surface area contributed by atoms with Crippen molar-refractivity contribution in [2.45, 2.75) is 25.2 Å². The van der Waals surface area contributed by atoms with Crippen molar-refractivity contribution >= 4 is 5.78 Å². The second-order valence-corrected chi connectivity index (χ2v) is 7.37. The van der Waals surface area contributed by atoms with Gasteiger partial charge in [-0.05, 0) is 35.4 Å². The molecule has 0 radical (unpaired) electrons. The van der Waals surface area contributed by atoms with E-state index in [0.717, 1.165) is 23.3 Å². The van der Waals surface area contributed by atoms with Crippen LogP contribution in [0.2, 0.25) is 0 Å². The van der Waals surface area contributed by atoms with Crippen molar-refractivity contribution in [1.82, 2.24) is 0 Å². The Morgan fingerprint density at radius 1 is 0.900 bits per heavy atom. The summed E-state index contributed by atoms with van der Waals surface area (Å²) in [5.41, 5.74) is 2.50. The summed E-state index contributed by atoms with van der Waals surface area (Å²) in [5.74, 6) is 1.94. The molecule has 0 aliphatic carbocycles. The molecule has 5 nitrogen and oxygen atoms in total. The molecule has 0 amide bonds. The van der Waals surface area contributed by atoms with Crippen molar-refractivity contribution in [3.8, 4) is 17.2 Å². The third kappa shape index (κ3) is 3.89. The lowest BCUT2D eigenvalue weighted by molar-refractivity contribution is 0.0949. The average Bonchev–Trinajstić information content (AvgIpc) is 3.61. The molecule has 1 saturated heterocycles. The van der Waals surface area contributed by atoms with Crippen LogP contribution in [0, 0.1) is 0 Å². The molecule has 2 atom stereocenters. The molecule has 3 aromatic carbocycles. The SMILES string of the molecule is O=C(c1ccccc1OCc1ccccc1)C1OC1c1ccc2c(c1)OCCCO2. The third-order valence-corrected chi connectivity index (χ3v) is 5.24. The monoisotopic (exact) mass is 402 g/mol. The van der Waals surface area contributed by atoms with Gasteiger partial charge in [0.1, 0.15) is 18.5 Å². The number of carbonyl (C=O) groups is 1. The van der Waals surface area contributed by atoms with E-state index < -0.39 is 6.10 Å². The molecule has 5 rings (SSSR count). The van der Waals surface area contributed by atoms with E-state index in [1.807, 2.05) is 66.7 Å². The Balaban J connectivity index is 1.30. The number of carbonyl (C=O) groups excluding carboxylic acids is 1. The van der Waals surface area contributed by atoms with Crippen LogP contribution in [-0.2, 0) is 11.3 Å². The van der Waals surface area contributed by atoms with Crippen LogP contribution in [0.1, 0.15) is 34.0 Å². The van der Waals surface area contributed by atoms with E-state index in [9.17, 15) is 4.79 Å². The molecule has 2 aliphatic heterocycles. The molecule has 5 heteroatoms. The van der Waals surface area contributed by atoms with Gasteiger partial charge in [0.25, 0.3) is 0 Å². The Labute approximate surface area is 175 Å². The Morgan fingerprint density at radius 2 is 1.67 bits per heavy atom. The van der Waals surface area contributed by atoms with Gasteiger partial charge in [-0.25, -0.2) is 0 Å². The van der Waals surface area contributed by atoms with Crippen molar-refractivity contribution in [2.75, 3.05) is 13.2 Å². The van der Waals surface area contributed by atoms with Crippen LogP contribution in [0.15, 0.2) is 72.8 Å². The third-order valence-electron chi connectivity index (χ3n) is 5.24. The first-order valence-corrected chi connectivity index (χ1v) is 10.1. The zero-order chi connectivity index (χ0) is 20.3. The summed E-state index contributed by atoms with van der Waals surface area (Å²) in [6.07, 6.45) is 0.0539. The molecule has 0 bridgehead atoms. The molecule has 152 valence electrons. The minimum Gasteiger partial charge on any atom is -0.490 e. The molecule has 0 aromatic heterocycles. The quantitative estimate of drug-likeness (QED) is 0.440. The van der Waals surface area contributed by atoms with E-state index in [2.05, 4.69) is 0 Å². The molecular weight excluding hydrogens is 380 g/mol. The Kier molecular flexibility index (Phi) is 5.11. The van der Waals surface area contributed by atoms with Crippen molar-refractivity contribution in [3.05, 3.63) is 89.5 Å². The highest BCUT2D eigenvalue weighted by Crippen LogP contribution is 2.44. The average molecular weight is 402 g/mol. The van der Waals surface area contributed by atoms with Gasteiger partial charge >= 0.3 is 0 Å². The summed E-state index contributed by atoms with van der Waals surface area (Å²) in [4.78, 5) is 13.1. The second kappa shape index (κ2) is 8.20. The second-order valence-electron chi connectivity index (χ2n) is 7.37. The first kappa shape index (κ1) is 18.7. The van der Waals surface area contributed by atoms with Gasteiger partial charge < -0.3 is 18.9 Å². The minimum absolute atomic E-state index is 0.0734. The summed E-state index contributed by atoms with van der Waals surface area (Å²) in [5, 5.41) is 0. The minimum atomic E-state index is -0.517. The largest absolute Gasteiger partial charge is 0.490 e. The standard InChI is InChI=1S/C25H22O5/c26-23(19-9-4-5-10-20(19)29-16-17-7-2-1-3-8-17)25-24(30-25)18-11-12-21-22(15-18)28-14-6-13-27-21/h1-5,7-12,15,24-25H,6,13-14,16H2. The number of para-hydroxylation sites is 1. The number of ketones is 1. The van der Waals surface area contributed by atoms with E-state index in [0.29, 0.717) is 36.9 Å².